The van der Waals surface area contributed by atoms with Gasteiger partial charge in [-0.1, -0.05) is 58.0 Å². The summed E-state index contributed by atoms with van der Waals surface area (Å²) in [5, 5.41) is 48.9. The first kappa shape index (κ1) is 46.8. The van der Waals surface area contributed by atoms with Gasteiger partial charge in [-0.25, -0.2) is 14.4 Å². The number of nitrogens with zero attached hydrogens (tertiary/aromatic N) is 10. The number of rotatable bonds is 13. The number of piperazine rings is 2. The molecule has 2 aliphatic rings. The van der Waals surface area contributed by atoms with E-state index < -0.39 is 0 Å². The smallest absolute Gasteiger partial charge is 0.192 e. The molecule has 0 bridgehead atoms. The monoisotopic (exact) mass is 933 g/mol. The molecule has 6 heterocycles. The number of aryl methyl sites for hydroxylation is 2. The molecular formula is C51H61FN16O. The average Bonchev–Trinajstić information content (AvgIpc) is 3.95. The lowest BCUT2D eigenvalue weighted by atomic mass is 10.0. The Morgan fingerprint density at radius 1 is 0.652 bits per heavy atom. The molecule has 4 aromatic carbocycles. The second-order valence-corrected chi connectivity index (χ2v) is 18.4. The van der Waals surface area contributed by atoms with Gasteiger partial charge in [0.05, 0.1) is 18.1 Å². The second kappa shape index (κ2) is 20.9. The van der Waals surface area contributed by atoms with Crippen LogP contribution in [0.3, 0.4) is 0 Å². The van der Waals surface area contributed by atoms with Crippen molar-refractivity contribution in [3.8, 4) is 28.5 Å². The zero-order chi connectivity index (χ0) is 48.0. The lowest BCUT2D eigenvalue weighted by Gasteiger charge is -2.37. The maximum Gasteiger partial charge on any atom is 0.192 e. The highest BCUT2D eigenvalue weighted by atomic mass is 19.1. The van der Waals surface area contributed by atoms with Crippen LogP contribution >= 0.6 is 0 Å². The SMILES string of the molecule is COc1ccccc1CNc1nnc(-c2ccc3n[nH]c(C)c3c2)nc1N1CCNC(C(C)C)C1.Cc1[nH]nc2ccc(-c3nnc(NCc4cccc(F)c4)c(N4CCNC(C(C)C)C4)n3)cc12. The van der Waals surface area contributed by atoms with Crippen molar-refractivity contribution in [2.45, 2.75) is 66.7 Å². The normalized spacial score (nSPS) is 16.3. The third-order valence-electron chi connectivity index (χ3n) is 12.9. The number of aromatic amines is 2. The van der Waals surface area contributed by atoms with E-state index in [2.05, 4.69) is 106 Å². The van der Waals surface area contributed by atoms with Crippen LogP contribution in [0.25, 0.3) is 44.6 Å². The number of anilines is 4. The summed E-state index contributed by atoms with van der Waals surface area (Å²) in [6, 6.07) is 27.3. The van der Waals surface area contributed by atoms with Crippen LogP contribution in [0.2, 0.25) is 0 Å². The molecule has 2 saturated heterocycles. The highest BCUT2D eigenvalue weighted by Gasteiger charge is 2.28. The lowest BCUT2D eigenvalue weighted by molar-refractivity contribution is 0.367. The van der Waals surface area contributed by atoms with Gasteiger partial charge in [-0.05, 0) is 85.8 Å². The van der Waals surface area contributed by atoms with Gasteiger partial charge in [-0.15, -0.1) is 20.4 Å². The fourth-order valence-corrected chi connectivity index (χ4v) is 8.80. The Morgan fingerprint density at radius 3 is 1.71 bits per heavy atom. The second-order valence-electron chi connectivity index (χ2n) is 18.4. The zero-order valence-corrected chi connectivity index (χ0v) is 40.3. The van der Waals surface area contributed by atoms with Gasteiger partial charge in [0.1, 0.15) is 11.6 Å². The van der Waals surface area contributed by atoms with Gasteiger partial charge < -0.3 is 35.8 Å². The fourth-order valence-electron chi connectivity index (χ4n) is 8.80. The summed E-state index contributed by atoms with van der Waals surface area (Å²) < 4.78 is 19.2. The number of H-pyrrole nitrogens is 2. The standard InChI is InChI=1S/C26H32N8O.C25H29FN8/c1-16(2)22-15-34(12-11-27-22)26-25(28-14-19-7-5-6-8-23(19)35-4)33-32-24(29-26)18-9-10-21-20(13-18)17(3)30-31-21;1-15(2)22-14-34(10-9-27-22)25-24(28-13-17-5-4-6-19(26)11-17)33-32-23(29-25)18-7-8-21-20(12-18)16(3)30-31-21/h5-10,13,16,22,27H,11-12,14-15H2,1-4H3,(H,28,33)(H,30,31);4-8,11-12,15,22,27H,9-10,13-14H2,1-3H3,(H,28,33)(H,30,31). The summed E-state index contributed by atoms with van der Waals surface area (Å²) in [5.74, 6) is 5.60. The minimum absolute atomic E-state index is 0.258. The molecule has 0 saturated carbocycles. The van der Waals surface area contributed by atoms with Crippen molar-refractivity contribution in [1.82, 2.24) is 61.4 Å². The van der Waals surface area contributed by atoms with Crippen molar-refractivity contribution in [2.24, 2.45) is 11.8 Å². The first-order valence-corrected chi connectivity index (χ1v) is 23.7. The molecule has 18 heteroatoms. The number of hydrogen-bond donors (Lipinski definition) is 6. The molecule has 2 atom stereocenters. The van der Waals surface area contributed by atoms with Crippen LogP contribution < -0.4 is 35.8 Å². The van der Waals surface area contributed by atoms with Crippen molar-refractivity contribution >= 4 is 45.1 Å². The summed E-state index contributed by atoms with van der Waals surface area (Å²) in [5.41, 5.74) is 7.54. The minimum Gasteiger partial charge on any atom is -0.496 e. The van der Waals surface area contributed by atoms with E-state index in [4.69, 9.17) is 14.7 Å². The van der Waals surface area contributed by atoms with Crippen LogP contribution in [0, 0.1) is 31.5 Å². The third kappa shape index (κ3) is 10.7. The predicted octanol–water partition coefficient (Wildman–Crippen LogP) is 7.69. The van der Waals surface area contributed by atoms with Gasteiger partial charge in [-0.2, -0.15) is 10.2 Å². The number of ether oxygens (including phenoxy) is 1. The van der Waals surface area contributed by atoms with Crippen molar-refractivity contribution in [3.05, 3.63) is 113 Å². The summed E-state index contributed by atoms with van der Waals surface area (Å²) in [4.78, 5) is 14.6. The average molecular weight is 933 g/mol. The Hall–Kier alpha value is -7.31. The highest BCUT2D eigenvalue weighted by molar-refractivity contribution is 5.86. The van der Waals surface area contributed by atoms with Gasteiger partial charge in [0.2, 0.25) is 0 Å². The van der Waals surface area contributed by atoms with Crippen LogP contribution in [0.5, 0.6) is 5.75 Å². The number of aromatic nitrogens is 10. The molecule has 0 amide bonds. The Labute approximate surface area is 401 Å². The first-order valence-electron chi connectivity index (χ1n) is 23.7. The molecule has 69 heavy (non-hydrogen) atoms. The summed E-state index contributed by atoms with van der Waals surface area (Å²) in [6.07, 6.45) is 0. The van der Waals surface area contributed by atoms with Gasteiger partial charge in [-0.3, -0.25) is 10.2 Å². The molecule has 6 N–H and O–H groups in total. The van der Waals surface area contributed by atoms with E-state index in [-0.39, 0.29) is 5.82 Å². The Morgan fingerprint density at radius 2 is 1.19 bits per heavy atom. The number of fused-ring (bicyclic) bond motifs is 2. The van der Waals surface area contributed by atoms with Crippen LogP contribution in [-0.4, -0.2) is 109 Å². The largest absolute Gasteiger partial charge is 0.496 e. The molecular weight excluding hydrogens is 872 g/mol. The van der Waals surface area contributed by atoms with E-state index in [1.165, 1.54) is 12.1 Å². The summed E-state index contributed by atoms with van der Waals surface area (Å²) in [7, 11) is 1.69. The van der Waals surface area contributed by atoms with Gasteiger partial charge >= 0.3 is 0 Å². The molecule has 0 radical (unpaired) electrons. The van der Waals surface area contributed by atoms with Gasteiger partial charge in [0.25, 0.3) is 0 Å². The lowest BCUT2D eigenvalue weighted by Crippen LogP contribution is -2.53. The quantitative estimate of drug-likeness (QED) is 0.0658. The molecule has 10 rings (SSSR count). The van der Waals surface area contributed by atoms with Crippen LogP contribution in [0.15, 0.2) is 84.9 Å². The molecule has 4 aromatic heterocycles. The van der Waals surface area contributed by atoms with Crippen LogP contribution in [0.1, 0.15) is 50.2 Å². The molecule has 0 spiro atoms. The van der Waals surface area contributed by atoms with Gasteiger partial charge in [0.15, 0.2) is 34.9 Å². The number of para-hydroxylation sites is 1. The molecule has 0 aliphatic carbocycles. The highest BCUT2D eigenvalue weighted by Crippen LogP contribution is 2.31. The van der Waals surface area contributed by atoms with Crippen LogP contribution in [0.4, 0.5) is 27.7 Å². The third-order valence-corrected chi connectivity index (χ3v) is 12.9. The number of halogens is 1. The van der Waals surface area contributed by atoms with Crippen LogP contribution in [-0.2, 0) is 13.1 Å². The number of benzene rings is 4. The topological polar surface area (TPSA) is 199 Å². The van der Waals surface area contributed by atoms with Crippen molar-refractivity contribution in [3.63, 3.8) is 0 Å². The molecule has 2 fully saturated rings. The van der Waals surface area contributed by atoms with Gasteiger partial charge in [0, 0.05) is 103 Å². The van der Waals surface area contributed by atoms with Crippen molar-refractivity contribution in [1.29, 1.82) is 0 Å². The maximum atomic E-state index is 13.6. The van der Waals surface area contributed by atoms with E-state index in [9.17, 15) is 4.39 Å². The number of nitrogens with one attached hydrogen (secondary N) is 6. The molecule has 2 unspecified atom stereocenters. The maximum absolute atomic E-state index is 13.6. The Balaban J connectivity index is 0.000000172. The van der Waals surface area contributed by atoms with E-state index in [0.29, 0.717) is 60.3 Å². The van der Waals surface area contributed by atoms with Crippen molar-refractivity contribution in [2.75, 3.05) is 66.8 Å². The molecule has 2 aliphatic heterocycles. The fraction of sp³-hybridized carbons (Fsp3) is 0.373. The molecule has 8 aromatic rings. The Kier molecular flexibility index (Phi) is 14.2. The molecule has 17 nitrogen and oxygen atoms in total. The first-order chi connectivity index (χ1) is 33.5. The van der Waals surface area contributed by atoms with E-state index in [0.717, 1.165) is 112 Å². The minimum atomic E-state index is -0.258. The summed E-state index contributed by atoms with van der Waals surface area (Å²) in [6.45, 7) is 19.0. The molecule has 358 valence electrons. The zero-order valence-electron chi connectivity index (χ0n) is 40.3. The summed E-state index contributed by atoms with van der Waals surface area (Å²) >= 11 is 0. The van der Waals surface area contributed by atoms with E-state index >= 15 is 0 Å². The Bertz CT molecular complexity index is 3030. The van der Waals surface area contributed by atoms with E-state index in [1.807, 2.05) is 74.5 Å². The van der Waals surface area contributed by atoms with Crippen molar-refractivity contribution < 1.29 is 9.13 Å². The number of methoxy groups -OCH3 is 1. The van der Waals surface area contributed by atoms with E-state index in [1.54, 1.807) is 13.2 Å². The number of hydrogen-bond acceptors (Lipinski definition) is 15. The predicted molar refractivity (Wildman–Crippen MR) is 271 cm³/mol.